The highest BCUT2D eigenvalue weighted by Gasteiger charge is 2.42. The molecule has 2 heteroatoms. The Morgan fingerprint density at radius 3 is 1.93 bits per heavy atom. The molecule has 3 aromatic rings. The summed E-state index contributed by atoms with van der Waals surface area (Å²) < 4.78 is 2.41. The number of allylic oxidation sites excluding steroid dienone is 4. The summed E-state index contributed by atoms with van der Waals surface area (Å²) >= 11 is 7.69. The fourth-order valence-corrected chi connectivity index (χ4v) is 9.25. The number of rotatable bonds is 12. The van der Waals surface area contributed by atoms with Gasteiger partial charge in [0.15, 0.2) is 0 Å². The molecule has 3 aromatic carbocycles. The summed E-state index contributed by atoms with van der Waals surface area (Å²) in [6.07, 6.45) is 23.1. The number of aryl methyl sites for hydroxylation is 3. The molecule has 0 aromatic heterocycles. The molecule has 0 amide bonds. The molecule has 7 rings (SSSR count). The van der Waals surface area contributed by atoms with E-state index in [-0.39, 0.29) is 5.41 Å². The van der Waals surface area contributed by atoms with Crippen LogP contribution in [0.4, 0.5) is 0 Å². The molecule has 0 heterocycles. The van der Waals surface area contributed by atoms with Crippen molar-refractivity contribution in [1.29, 1.82) is 0 Å². The van der Waals surface area contributed by atoms with Gasteiger partial charge in [-0.2, -0.15) is 0 Å². The summed E-state index contributed by atoms with van der Waals surface area (Å²) in [7, 11) is 0. The van der Waals surface area contributed by atoms with E-state index in [1.54, 1.807) is 39.0 Å². The van der Waals surface area contributed by atoms with Crippen molar-refractivity contribution in [2.75, 3.05) is 0 Å². The van der Waals surface area contributed by atoms with Crippen molar-refractivity contribution in [3.63, 3.8) is 0 Å². The van der Waals surface area contributed by atoms with Crippen molar-refractivity contribution in [2.45, 2.75) is 102 Å². The molecule has 0 aliphatic heterocycles. The van der Waals surface area contributed by atoms with Crippen molar-refractivity contribution in [3.8, 4) is 11.1 Å². The molecule has 0 N–H and O–H groups in total. The molecular formula is C40H44Br2. The van der Waals surface area contributed by atoms with Crippen LogP contribution in [-0.4, -0.2) is 0 Å². The lowest BCUT2D eigenvalue weighted by Crippen LogP contribution is -2.25. The van der Waals surface area contributed by atoms with Gasteiger partial charge in [0.05, 0.1) is 0 Å². The summed E-state index contributed by atoms with van der Waals surface area (Å²) in [5.74, 6) is 1.61. The third kappa shape index (κ3) is 5.56. The van der Waals surface area contributed by atoms with Crippen LogP contribution in [0.25, 0.3) is 11.1 Å². The van der Waals surface area contributed by atoms with E-state index >= 15 is 0 Å². The van der Waals surface area contributed by atoms with Gasteiger partial charge in [-0.15, -0.1) is 0 Å². The van der Waals surface area contributed by atoms with Crippen molar-refractivity contribution in [1.82, 2.24) is 0 Å². The number of halogens is 2. The number of fused-ring (bicyclic) bond motifs is 5. The van der Waals surface area contributed by atoms with E-state index in [1.165, 1.54) is 110 Å². The first kappa shape index (κ1) is 28.8. The maximum atomic E-state index is 3.85. The second kappa shape index (κ2) is 12.2. The predicted octanol–water partition coefficient (Wildman–Crippen LogP) is 12.2. The smallest absolute Gasteiger partial charge is 0.0216 e. The molecule has 4 aliphatic rings. The average molecular weight is 685 g/mol. The highest BCUT2D eigenvalue weighted by molar-refractivity contribution is 9.10. The largest absolute Gasteiger partial charge is 0.0779 e. The summed E-state index contributed by atoms with van der Waals surface area (Å²) in [6, 6.07) is 21.3. The van der Waals surface area contributed by atoms with Crippen LogP contribution in [0, 0.1) is 11.8 Å². The number of unbranched alkanes of at least 4 members (excludes halogenated alkanes) is 4. The Morgan fingerprint density at radius 1 is 0.690 bits per heavy atom. The van der Waals surface area contributed by atoms with Crippen LogP contribution in [-0.2, 0) is 24.7 Å². The van der Waals surface area contributed by atoms with Gasteiger partial charge in [0.1, 0.15) is 0 Å². The number of benzene rings is 3. The third-order valence-electron chi connectivity index (χ3n) is 11.1. The quantitative estimate of drug-likeness (QED) is 0.167. The molecular weight excluding hydrogens is 640 g/mol. The summed E-state index contributed by atoms with van der Waals surface area (Å²) in [4.78, 5) is 0. The Balaban J connectivity index is 1.04. The van der Waals surface area contributed by atoms with E-state index < -0.39 is 0 Å². The number of hydrogen-bond donors (Lipinski definition) is 0. The van der Waals surface area contributed by atoms with Crippen LogP contribution in [0.1, 0.15) is 105 Å². The zero-order valence-electron chi connectivity index (χ0n) is 25.2. The molecule has 0 nitrogen and oxygen atoms in total. The zero-order chi connectivity index (χ0) is 28.7. The van der Waals surface area contributed by atoms with Gasteiger partial charge >= 0.3 is 0 Å². The fourth-order valence-electron chi connectivity index (χ4n) is 8.53. The maximum absolute atomic E-state index is 3.85. The molecule has 1 saturated carbocycles. The van der Waals surface area contributed by atoms with Gasteiger partial charge in [0, 0.05) is 14.4 Å². The Labute approximate surface area is 270 Å². The Bertz CT molecular complexity index is 1490. The zero-order valence-corrected chi connectivity index (χ0v) is 28.3. The van der Waals surface area contributed by atoms with Crippen molar-refractivity contribution < 1.29 is 0 Å². The Kier molecular flexibility index (Phi) is 8.41. The van der Waals surface area contributed by atoms with Crippen LogP contribution in [0.15, 0.2) is 86.8 Å². The predicted molar refractivity (Wildman–Crippen MR) is 185 cm³/mol. The van der Waals surface area contributed by atoms with Gasteiger partial charge in [0.2, 0.25) is 0 Å². The summed E-state index contributed by atoms with van der Waals surface area (Å²) in [5.41, 5.74) is 14.2. The van der Waals surface area contributed by atoms with Crippen LogP contribution in [0.2, 0.25) is 0 Å². The van der Waals surface area contributed by atoms with Gasteiger partial charge in [-0.1, -0.05) is 118 Å². The van der Waals surface area contributed by atoms with E-state index in [0.29, 0.717) is 0 Å². The Morgan fingerprint density at radius 2 is 1.36 bits per heavy atom. The molecule has 42 heavy (non-hydrogen) atoms. The molecule has 2 unspecified atom stereocenters. The van der Waals surface area contributed by atoms with Gasteiger partial charge < -0.3 is 0 Å². The molecule has 0 bridgehead atoms. The number of hydrogen-bond acceptors (Lipinski definition) is 0. The van der Waals surface area contributed by atoms with Gasteiger partial charge in [-0.3, -0.25) is 0 Å². The van der Waals surface area contributed by atoms with Crippen molar-refractivity contribution in [2.24, 2.45) is 11.8 Å². The molecule has 0 radical (unpaired) electrons. The lowest BCUT2D eigenvalue weighted by atomic mass is 9.68. The van der Waals surface area contributed by atoms with Gasteiger partial charge in [-0.25, -0.2) is 0 Å². The third-order valence-corrected chi connectivity index (χ3v) is 12.0. The van der Waals surface area contributed by atoms with Crippen molar-refractivity contribution in [3.05, 3.63) is 115 Å². The maximum Gasteiger partial charge on any atom is 0.0216 e. The summed E-state index contributed by atoms with van der Waals surface area (Å²) in [6.45, 7) is 2.43. The van der Waals surface area contributed by atoms with Crippen LogP contribution < -0.4 is 0 Å². The lowest BCUT2D eigenvalue weighted by Gasteiger charge is -2.37. The van der Waals surface area contributed by atoms with Crippen LogP contribution in [0.3, 0.4) is 0 Å². The first-order valence-electron chi connectivity index (χ1n) is 16.6. The van der Waals surface area contributed by atoms with Crippen LogP contribution in [0.5, 0.6) is 0 Å². The minimum atomic E-state index is 0.105. The Hall–Kier alpha value is -1.90. The normalized spacial score (nSPS) is 20.8. The second-order valence-electron chi connectivity index (χ2n) is 13.7. The van der Waals surface area contributed by atoms with E-state index in [2.05, 4.69) is 106 Å². The van der Waals surface area contributed by atoms with Crippen LogP contribution >= 0.6 is 31.9 Å². The highest BCUT2D eigenvalue weighted by atomic mass is 79.9. The first-order valence-corrected chi connectivity index (χ1v) is 18.2. The molecule has 4 aliphatic carbocycles. The van der Waals surface area contributed by atoms with E-state index in [4.69, 9.17) is 0 Å². The average Bonchev–Trinajstić information content (AvgIpc) is 3.19. The monoisotopic (exact) mass is 682 g/mol. The van der Waals surface area contributed by atoms with E-state index in [9.17, 15) is 0 Å². The fraction of sp³-hybridized carbons (Fsp3) is 0.450. The summed E-state index contributed by atoms with van der Waals surface area (Å²) in [5, 5.41) is 0. The van der Waals surface area contributed by atoms with E-state index in [0.717, 1.165) is 11.8 Å². The molecule has 0 spiro atoms. The minimum Gasteiger partial charge on any atom is -0.0779 e. The minimum absolute atomic E-state index is 0.105. The lowest BCUT2D eigenvalue weighted by molar-refractivity contribution is 0.353. The molecule has 1 fully saturated rings. The van der Waals surface area contributed by atoms with Gasteiger partial charge in [-0.05, 0) is 139 Å². The molecule has 218 valence electrons. The second-order valence-corrected chi connectivity index (χ2v) is 15.5. The highest BCUT2D eigenvalue weighted by Crippen LogP contribution is 2.55. The molecule has 2 atom stereocenters. The van der Waals surface area contributed by atoms with Crippen molar-refractivity contribution >= 4 is 31.9 Å². The molecule has 0 saturated heterocycles. The standard InChI is InChI=1S/C40H44Br2/c1-27-22-29(24-32-14-17-35(27)32)9-5-3-7-21-40(20-6-2-4-8-28-10-11-30-12-13-31(30)23-28)38-25-33(41)15-18-36(38)37-19-16-34(42)26-39(37)40/h10-11,15-16,18-19,22-27,35H,2-9,12-14,17,20-21H2,1H3. The SMILES string of the molecule is CC1C=C(CCCCCC2(CCCCCc3ccc4c(c3)CC4)c3cc(Br)ccc3-c3ccc(Br)cc32)C=C2CCC21. The van der Waals surface area contributed by atoms with Gasteiger partial charge in [0.25, 0.3) is 0 Å². The topological polar surface area (TPSA) is 0 Å². The first-order chi connectivity index (χ1) is 20.5. The van der Waals surface area contributed by atoms with E-state index in [1.807, 2.05) is 0 Å².